The molecule has 0 spiro atoms. The summed E-state index contributed by atoms with van der Waals surface area (Å²) in [5.41, 5.74) is 0. The Bertz CT molecular complexity index is 430. The Morgan fingerprint density at radius 1 is 1.12 bits per heavy atom. The molecule has 0 aliphatic carbocycles. The Hall–Kier alpha value is -1.02. The number of para-hydroxylation sites is 1. The van der Waals surface area contributed by atoms with Crippen LogP contribution in [0.2, 0.25) is 0 Å². The van der Waals surface area contributed by atoms with Crippen LogP contribution >= 0.6 is 24.0 Å². The standard InChI is InChI=1S/C18H31N3O2.HI/c1-4-5-13-22-14-9-12-20-18(19-3)21-15-16(2)23-17-10-7-6-8-11-17;/h6-8,10-11,16H,4-5,9,12-15H2,1-3H3,(H2,19,20,21);1H. The molecule has 1 aromatic rings. The molecule has 0 heterocycles. The molecule has 0 aliphatic heterocycles. The molecule has 138 valence electrons. The van der Waals surface area contributed by atoms with Gasteiger partial charge in [-0.05, 0) is 31.9 Å². The highest BCUT2D eigenvalue weighted by molar-refractivity contribution is 14.0. The van der Waals surface area contributed by atoms with Crippen molar-refractivity contribution in [3.8, 4) is 5.75 Å². The maximum absolute atomic E-state index is 5.82. The summed E-state index contributed by atoms with van der Waals surface area (Å²) in [5, 5.41) is 6.56. The third-order valence-corrected chi connectivity index (χ3v) is 3.26. The Labute approximate surface area is 163 Å². The molecule has 0 aromatic heterocycles. The van der Waals surface area contributed by atoms with E-state index in [4.69, 9.17) is 9.47 Å². The van der Waals surface area contributed by atoms with Gasteiger partial charge in [-0.3, -0.25) is 4.99 Å². The molecular weight excluding hydrogens is 417 g/mol. The highest BCUT2D eigenvalue weighted by Gasteiger charge is 2.05. The molecule has 1 rings (SSSR count). The zero-order chi connectivity index (χ0) is 16.8. The second-order valence-electron chi connectivity index (χ2n) is 5.44. The van der Waals surface area contributed by atoms with Gasteiger partial charge >= 0.3 is 0 Å². The number of nitrogens with one attached hydrogen (secondary N) is 2. The van der Waals surface area contributed by atoms with Crippen molar-refractivity contribution in [2.24, 2.45) is 4.99 Å². The second-order valence-corrected chi connectivity index (χ2v) is 5.44. The van der Waals surface area contributed by atoms with E-state index in [1.165, 1.54) is 6.42 Å². The largest absolute Gasteiger partial charge is 0.489 e. The lowest BCUT2D eigenvalue weighted by molar-refractivity contribution is 0.129. The number of hydrogen-bond donors (Lipinski definition) is 2. The van der Waals surface area contributed by atoms with Gasteiger partial charge in [0.1, 0.15) is 11.9 Å². The van der Waals surface area contributed by atoms with E-state index in [1.54, 1.807) is 7.05 Å². The second kappa shape index (κ2) is 15.5. The number of aliphatic imine (C=N–C) groups is 1. The van der Waals surface area contributed by atoms with Gasteiger partial charge in [0.2, 0.25) is 0 Å². The molecule has 0 fully saturated rings. The Morgan fingerprint density at radius 2 is 1.83 bits per heavy atom. The van der Waals surface area contributed by atoms with Crippen LogP contribution in [0.4, 0.5) is 0 Å². The van der Waals surface area contributed by atoms with Gasteiger partial charge in [0.25, 0.3) is 0 Å². The van der Waals surface area contributed by atoms with Crippen LogP contribution in [0, 0.1) is 0 Å². The van der Waals surface area contributed by atoms with Crippen LogP contribution < -0.4 is 15.4 Å². The fraction of sp³-hybridized carbons (Fsp3) is 0.611. The van der Waals surface area contributed by atoms with Crippen molar-refractivity contribution in [3.05, 3.63) is 30.3 Å². The summed E-state index contributed by atoms with van der Waals surface area (Å²) in [5.74, 6) is 1.68. The van der Waals surface area contributed by atoms with Crippen molar-refractivity contribution in [1.82, 2.24) is 10.6 Å². The molecule has 1 atom stereocenters. The summed E-state index contributed by atoms with van der Waals surface area (Å²) in [6.45, 7) is 7.40. The van der Waals surface area contributed by atoms with Crippen LogP contribution in [0.3, 0.4) is 0 Å². The Kier molecular flexibility index (Phi) is 14.8. The van der Waals surface area contributed by atoms with E-state index < -0.39 is 0 Å². The molecule has 0 saturated carbocycles. The van der Waals surface area contributed by atoms with Gasteiger partial charge in [0, 0.05) is 26.8 Å². The smallest absolute Gasteiger partial charge is 0.191 e. The lowest BCUT2D eigenvalue weighted by atomic mass is 10.3. The minimum Gasteiger partial charge on any atom is -0.489 e. The third-order valence-electron chi connectivity index (χ3n) is 3.26. The van der Waals surface area contributed by atoms with E-state index in [2.05, 4.69) is 22.5 Å². The topological polar surface area (TPSA) is 54.9 Å². The maximum Gasteiger partial charge on any atom is 0.191 e. The SMILES string of the molecule is CCCCOCCCNC(=NC)NCC(C)Oc1ccccc1.I. The van der Waals surface area contributed by atoms with Gasteiger partial charge in [-0.2, -0.15) is 0 Å². The maximum atomic E-state index is 5.82. The predicted octanol–water partition coefficient (Wildman–Crippen LogP) is 3.44. The predicted molar refractivity (Wildman–Crippen MR) is 112 cm³/mol. The number of guanidine groups is 1. The minimum atomic E-state index is 0. The van der Waals surface area contributed by atoms with E-state index in [-0.39, 0.29) is 30.1 Å². The zero-order valence-corrected chi connectivity index (χ0v) is 17.4. The van der Waals surface area contributed by atoms with Crippen LogP contribution in [0.1, 0.15) is 33.1 Å². The molecule has 0 saturated heterocycles. The molecule has 6 heteroatoms. The molecule has 24 heavy (non-hydrogen) atoms. The molecule has 0 bridgehead atoms. The molecule has 2 N–H and O–H groups in total. The quantitative estimate of drug-likeness (QED) is 0.235. The average Bonchev–Trinajstić information content (AvgIpc) is 2.57. The van der Waals surface area contributed by atoms with Gasteiger partial charge in [0.15, 0.2) is 5.96 Å². The highest BCUT2D eigenvalue weighted by Crippen LogP contribution is 2.10. The molecule has 0 aliphatic rings. The molecule has 1 unspecified atom stereocenters. The van der Waals surface area contributed by atoms with E-state index in [0.29, 0.717) is 6.54 Å². The van der Waals surface area contributed by atoms with E-state index in [0.717, 1.165) is 44.3 Å². The van der Waals surface area contributed by atoms with Crippen LogP contribution in [0.25, 0.3) is 0 Å². The summed E-state index contributed by atoms with van der Waals surface area (Å²) in [7, 11) is 1.77. The minimum absolute atomic E-state index is 0. The number of halogens is 1. The Morgan fingerprint density at radius 3 is 2.50 bits per heavy atom. The molecule has 5 nitrogen and oxygen atoms in total. The van der Waals surface area contributed by atoms with Crippen LogP contribution in [0.5, 0.6) is 5.75 Å². The number of unbranched alkanes of at least 4 members (excludes halogenated alkanes) is 1. The van der Waals surface area contributed by atoms with Crippen molar-refractivity contribution in [3.63, 3.8) is 0 Å². The first kappa shape index (κ1) is 23.0. The van der Waals surface area contributed by atoms with Crippen LogP contribution in [0.15, 0.2) is 35.3 Å². The van der Waals surface area contributed by atoms with Gasteiger partial charge in [0.05, 0.1) is 6.54 Å². The third kappa shape index (κ3) is 11.5. The van der Waals surface area contributed by atoms with Crippen LogP contribution in [-0.2, 0) is 4.74 Å². The molecule has 0 radical (unpaired) electrons. The van der Waals surface area contributed by atoms with Gasteiger partial charge in [-0.15, -0.1) is 24.0 Å². The number of benzene rings is 1. The summed E-state index contributed by atoms with van der Waals surface area (Å²) in [6.07, 6.45) is 3.35. The van der Waals surface area contributed by atoms with E-state index in [9.17, 15) is 0 Å². The van der Waals surface area contributed by atoms with E-state index in [1.807, 2.05) is 37.3 Å². The first-order valence-corrected chi connectivity index (χ1v) is 8.50. The lowest BCUT2D eigenvalue weighted by Gasteiger charge is -2.17. The van der Waals surface area contributed by atoms with Crippen molar-refractivity contribution >= 4 is 29.9 Å². The zero-order valence-electron chi connectivity index (χ0n) is 15.1. The number of hydrogen-bond acceptors (Lipinski definition) is 3. The number of rotatable bonds is 11. The van der Waals surface area contributed by atoms with Gasteiger partial charge in [-0.25, -0.2) is 0 Å². The van der Waals surface area contributed by atoms with Gasteiger partial charge < -0.3 is 20.1 Å². The van der Waals surface area contributed by atoms with Crippen molar-refractivity contribution in [2.45, 2.75) is 39.2 Å². The van der Waals surface area contributed by atoms with Gasteiger partial charge in [-0.1, -0.05) is 31.5 Å². The number of nitrogens with zero attached hydrogens (tertiary/aromatic N) is 1. The fourth-order valence-corrected chi connectivity index (χ4v) is 1.96. The van der Waals surface area contributed by atoms with E-state index >= 15 is 0 Å². The number of ether oxygens (including phenoxy) is 2. The lowest BCUT2D eigenvalue weighted by Crippen LogP contribution is -2.42. The van der Waals surface area contributed by atoms with Crippen molar-refractivity contribution < 1.29 is 9.47 Å². The normalized spacial score (nSPS) is 12.2. The van der Waals surface area contributed by atoms with Crippen molar-refractivity contribution in [1.29, 1.82) is 0 Å². The monoisotopic (exact) mass is 449 g/mol. The van der Waals surface area contributed by atoms with Crippen LogP contribution in [-0.4, -0.2) is 45.4 Å². The fourth-order valence-electron chi connectivity index (χ4n) is 1.96. The first-order chi connectivity index (χ1) is 11.3. The summed E-state index contributed by atoms with van der Waals surface area (Å²) in [4.78, 5) is 4.21. The first-order valence-electron chi connectivity index (χ1n) is 8.50. The molecule has 0 amide bonds. The highest BCUT2D eigenvalue weighted by atomic mass is 127. The molecular formula is C18H32IN3O2. The van der Waals surface area contributed by atoms with Crippen molar-refractivity contribution in [2.75, 3.05) is 33.4 Å². The Balaban J connectivity index is 0.00000529. The average molecular weight is 449 g/mol. The summed E-state index contributed by atoms with van der Waals surface area (Å²) < 4.78 is 11.4. The summed E-state index contributed by atoms with van der Waals surface area (Å²) >= 11 is 0. The summed E-state index contributed by atoms with van der Waals surface area (Å²) in [6, 6.07) is 9.84. The molecule has 1 aromatic carbocycles.